The average Bonchev–Trinajstić information content (AvgIpc) is 2.58. The van der Waals surface area contributed by atoms with Gasteiger partial charge in [0.25, 0.3) is 0 Å². The zero-order valence-corrected chi connectivity index (χ0v) is 14.4. The molecule has 0 unspecified atom stereocenters. The van der Waals surface area contributed by atoms with E-state index in [9.17, 15) is 4.79 Å². The lowest BCUT2D eigenvalue weighted by Crippen LogP contribution is -2.28. The van der Waals surface area contributed by atoms with Crippen molar-refractivity contribution in [3.05, 3.63) is 54.2 Å². The molecule has 1 N–H and O–H groups in total. The zero-order valence-electron chi connectivity index (χ0n) is 14.4. The molecule has 1 aromatic carbocycles. The molecule has 0 saturated carbocycles. The first-order chi connectivity index (χ1) is 11.6. The molecule has 0 aliphatic carbocycles. The van der Waals surface area contributed by atoms with Gasteiger partial charge in [-0.3, -0.25) is 4.79 Å². The summed E-state index contributed by atoms with van der Waals surface area (Å²) in [6.45, 7) is 1.30. The number of aliphatic carboxylic acids is 1. The standard InChI is InChI=1S/C19H25N3O2/c1-21(2)18-11-10-17(15-20-18)22(14-12-19(23)24)13-6-9-16-7-4-3-5-8-16/h3-5,7-8,10-11,15H,6,9,12-14H2,1-2H3,(H,23,24). The van der Waals surface area contributed by atoms with Crippen molar-refractivity contribution >= 4 is 17.5 Å². The monoisotopic (exact) mass is 327 g/mol. The van der Waals surface area contributed by atoms with Crippen LogP contribution in [0.5, 0.6) is 0 Å². The minimum absolute atomic E-state index is 0.126. The summed E-state index contributed by atoms with van der Waals surface area (Å²) in [6, 6.07) is 14.3. The molecule has 5 nitrogen and oxygen atoms in total. The van der Waals surface area contributed by atoms with Crippen molar-refractivity contribution < 1.29 is 9.90 Å². The molecule has 0 saturated heterocycles. The molecule has 1 aromatic heterocycles. The van der Waals surface area contributed by atoms with E-state index in [2.05, 4.69) is 22.0 Å². The van der Waals surface area contributed by atoms with Crippen molar-refractivity contribution in [2.75, 3.05) is 37.0 Å². The van der Waals surface area contributed by atoms with Crippen molar-refractivity contribution in [3.63, 3.8) is 0 Å². The number of hydrogen-bond acceptors (Lipinski definition) is 4. The van der Waals surface area contributed by atoms with Crippen LogP contribution in [-0.4, -0.2) is 43.2 Å². The number of aromatic nitrogens is 1. The van der Waals surface area contributed by atoms with Crippen molar-refractivity contribution in [1.29, 1.82) is 0 Å². The van der Waals surface area contributed by atoms with Gasteiger partial charge in [0.15, 0.2) is 0 Å². The highest BCUT2D eigenvalue weighted by atomic mass is 16.4. The summed E-state index contributed by atoms with van der Waals surface area (Å²) >= 11 is 0. The number of rotatable bonds is 9. The number of pyridine rings is 1. The molecule has 5 heteroatoms. The number of nitrogens with zero attached hydrogens (tertiary/aromatic N) is 3. The molecule has 0 amide bonds. The fourth-order valence-electron chi connectivity index (χ4n) is 2.55. The van der Waals surface area contributed by atoms with Gasteiger partial charge in [-0.25, -0.2) is 4.98 Å². The van der Waals surface area contributed by atoms with Crippen LogP contribution in [0.3, 0.4) is 0 Å². The molecule has 0 atom stereocenters. The number of benzene rings is 1. The molecule has 0 radical (unpaired) electrons. The molecule has 0 fully saturated rings. The number of carbonyl (C=O) groups is 1. The highest BCUT2D eigenvalue weighted by Crippen LogP contribution is 2.18. The van der Waals surface area contributed by atoms with Gasteiger partial charge in [0.1, 0.15) is 5.82 Å². The van der Waals surface area contributed by atoms with Crippen LogP contribution in [-0.2, 0) is 11.2 Å². The van der Waals surface area contributed by atoms with Gasteiger partial charge in [0.05, 0.1) is 18.3 Å². The molecule has 0 aliphatic rings. The van der Waals surface area contributed by atoms with Crippen molar-refractivity contribution in [1.82, 2.24) is 4.98 Å². The molecule has 1 heterocycles. The van der Waals surface area contributed by atoms with Crippen molar-refractivity contribution in [3.8, 4) is 0 Å². The van der Waals surface area contributed by atoms with E-state index in [-0.39, 0.29) is 6.42 Å². The third-order valence-corrected chi connectivity index (χ3v) is 3.89. The lowest BCUT2D eigenvalue weighted by Gasteiger charge is -2.24. The highest BCUT2D eigenvalue weighted by molar-refractivity contribution is 5.67. The lowest BCUT2D eigenvalue weighted by molar-refractivity contribution is -0.136. The van der Waals surface area contributed by atoms with E-state index in [1.807, 2.05) is 55.5 Å². The lowest BCUT2D eigenvalue weighted by atomic mass is 10.1. The SMILES string of the molecule is CN(C)c1ccc(N(CCCc2ccccc2)CCC(=O)O)cn1. The van der Waals surface area contributed by atoms with Gasteiger partial charge in [-0.1, -0.05) is 30.3 Å². The van der Waals surface area contributed by atoms with E-state index in [0.29, 0.717) is 6.54 Å². The normalized spacial score (nSPS) is 10.4. The van der Waals surface area contributed by atoms with Crippen LogP contribution in [0.2, 0.25) is 0 Å². The summed E-state index contributed by atoms with van der Waals surface area (Å²) in [4.78, 5) is 19.4. The van der Waals surface area contributed by atoms with Crippen LogP contribution in [0.25, 0.3) is 0 Å². The van der Waals surface area contributed by atoms with Gasteiger partial charge in [-0.05, 0) is 30.5 Å². The van der Waals surface area contributed by atoms with Gasteiger partial charge in [-0.2, -0.15) is 0 Å². The quantitative estimate of drug-likeness (QED) is 0.767. The summed E-state index contributed by atoms with van der Waals surface area (Å²) in [5, 5.41) is 8.98. The van der Waals surface area contributed by atoms with Crippen LogP contribution in [0.4, 0.5) is 11.5 Å². The molecule has 0 spiro atoms. The first-order valence-corrected chi connectivity index (χ1v) is 8.20. The minimum Gasteiger partial charge on any atom is -0.481 e. The molecule has 0 aliphatic heterocycles. The molecule has 2 rings (SSSR count). The fourth-order valence-corrected chi connectivity index (χ4v) is 2.55. The number of carboxylic acid groups (broad SMARTS) is 1. The smallest absolute Gasteiger partial charge is 0.305 e. The largest absolute Gasteiger partial charge is 0.481 e. The minimum atomic E-state index is -0.777. The van der Waals surface area contributed by atoms with Crippen LogP contribution in [0.15, 0.2) is 48.7 Å². The molecule has 2 aromatic rings. The van der Waals surface area contributed by atoms with Gasteiger partial charge in [-0.15, -0.1) is 0 Å². The highest BCUT2D eigenvalue weighted by Gasteiger charge is 2.10. The number of anilines is 2. The van der Waals surface area contributed by atoms with Gasteiger partial charge in [0, 0.05) is 27.2 Å². The van der Waals surface area contributed by atoms with E-state index in [1.54, 1.807) is 0 Å². The van der Waals surface area contributed by atoms with Crippen molar-refractivity contribution in [2.24, 2.45) is 0 Å². The predicted molar refractivity (Wildman–Crippen MR) is 97.8 cm³/mol. The Morgan fingerprint density at radius 3 is 2.42 bits per heavy atom. The Morgan fingerprint density at radius 1 is 1.08 bits per heavy atom. The van der Waals surface area contributed by atoms with Gasteiger partial charge >= 0.3 is 5.97 Å². The van der Waals surface area contributed by atoms with E-state index < -0.39 is 5.97 Å². The van der Waals surface area contributed by atoms with Gasteiger partial charge in [0.2, 0.25) is 0 Å². The first kappa shape index (κ1) is 17.8. The maximum absolute atomic E-state index is 10.9. The summed E-state index contributed by atoms with van der Waals surface area (Å²) in [5.41, 5.74) is 2.27. The second-order valence-electron chi connectivity index (χ2n) is 5.99. The number of carboxylic acids is 1. The number of hydrogen-bond donors (Lipinski definition) is 1. The van der Waals surface area contributed by atoms with E-state index in [4.69, 9.17) is 5.11 Å². The Balaban J connectivity index is 1.99. The molecule has 24 heavy (non-hydrogen) atoms. The van der Waals surface area contributed by atoms with Crippen molar-refractivity contribution in [2.45, 2.75) is 19.3 Å². The second kappa shape index (κ2) is 8.91. The summed E-state index contributed by atoms with van der Waals surface area (Å²) in [6.07, 6.45) is 3.90. The molecule has 0 bridgehead atoms. The van der Waals surface area contributed by atoms with E-state index in [1.165, 1.54) is 5.56 Å². The predicted octanol–water partition coefficient (Wildman–Crippen LogP) is 3.06. The zero-order chi connectivity index (χ0) is 17.4. The Kier molecular flexibility index (Phi) is 6.61. The maximum Gasteiger partial charge on any atom is 0.305 e. The van der Waals surface area contributed by atoms with Crippen LogP contribution in [0, 0.1) is 0 Å². The molecular formula is C19H25N3O2. The molecular weight excluding hydrogens is 302 g/mol. The van der Waals surface area contributed by atoms with Crippen LogP contribution < -0.4 is 9.80 Å². The summed E-state index contributed by atoms with van der Waals surface area (Å²) in [5.74, 6) is 0.113. The summed E-state index contributed by atoms with van der Waals surface area (Å²) < 4.78 is 0. The number of aryl methyl sites for hydroxylation is 1. The Labute approximate surface area is 143 Å². The second-order valence-corrected chi connectivity index (χ2v) is 5.99. The van der Waals surface area contributed by atoms with Crippen LogP contribution in [0.1, 0.15) is 18.4 Å². The van der Waals surface area contributed by atoms with Crippen LogP contribution >= 0.6 is 0 Å². The Morgan fingerprint density at radius 2 is 1.83 bits per heavy atom. The maximum atomic E-state index is 10.9. The fraction of sp³-hybridized carbons (Fsp3) is 0.368. The Bertz CT molecular complexity index is 627. The first-order valence-electron chi connectivity index (χ1n) is 8.20. The van der Waals surface area contributed by atoms with E-state index in [0.717, 1.165) is 30.9 Å². The Hall–Kier alpha value is -2.56. The molecule has 128 valence electrons. The van der Waals surface area contributed by atoms with Gasteiger partial charge < -0.3 is 14.9 Å². The average molecular weight is 327 g/mol. The third-order valence-electron chi connectivity index (χ3n) is 3.89. The third kappa shape index (κ3) is 5.57. The topological polar surface area (TPSA) is 56.7 Å². The van der Waals surface area contributed by atoms with E-state index >= 15 is 0 Å². The summed E-state index contributed by atoms with van der Waals surface area (Å²) in [7, 11) is 3.90.